The molecular formula is C31H32FN7O3. The van der Waals surface area contributed by atoms with Crippen LogP contribution in [0.1, 0.15) is 29.3 Å². The number of para-hydroxylation sites is 1. The normalized spacial score (nSPS) is 17.3. The Morgan fingerprint density at radius 1 is 1.14 bits per heavy atom. The van der Waals surface area contributed by atoms with E-state index in [9.17, 15) is 9.18 Å². The zero-order chi connectivity index (χ0) is 29.2. The van der Waals surface area contributed by atoms with Crippen molar-refractivity contribution in [3.8, 4) is 16.9 Å². The second-order valence-corrected chi connectivity index (χ2v) is 10.6. The first-order chi connectivity index (χ1) is 20.4. The van der Waals surface area contributed by atoms with E-state index in [0.29, 0.717) is 25.3 Å². The van der Waals surface area contributed by atoms with Gasteiger partial charge in [-0.25, -0.2) is 9.67 Å². The van der Waals surface area contributed by atoms with Crippen LogP contribution in [-0.2, 0) is 27.8 Å². The lowest BCUT2D eigenvalue weighted by molar-refractivity contribution is -0.155. The zero-order valence-electron chi connectivity index (χ0n) is 23.8. The fraction of sp³-hybridized carbons (Fsp3) is 0.323. The number of aryl methyl sites for hydroxylation is 1. The van der Waals surface area contributed by atoms with Crippen molar-refractivity contribution in [2.45, 2.75) is 25.9 Å². The maximum absolute atomic E-state index is 14.0. The average molecular weight is 570 g/mol. The predicted octanol–water partition coefficient (Wildman–Crippen LogP) is 4.42. The Morgan fingerprint density at radius 2 is 1.98 bits per heavy atom. The Balaban J connectivity index is 1.31. The van der Waals surface area contributed by atoms with Crippen LogP contribution in [0.2, 0.25) is 0 Å². The number of Topliss-reactive ketones (excluding diaryl/α,β-unsaturated/α-hetero) is 1. The van der Waals surface area contributed by atoms with Gasteiger partial charge in [0.05, 0.1) is 35.4 Å². The standard InChI is InChI=1S/C31H32FN7O3/c1-20-27(16-25(40)13-23-19-38(11-12-41-3)42-31(23)21-9-10-33-29(32)15-21)39(24-7-5-4-6-8-24)36-30(20)22-14-28-26(34-17-22)18-35-37(28)2/h4-10,14-15,17-18,23,31H,11-13,16,19H2,1-3H3/t23-,31+/m1/s1. The number of nitrogens with zero attached hydrogens (tertiary/aromatic N) is 7. The summed E-state index contributed by atoms with van der Waals surface area (Å²) in [4.78, 5) is 28.2. The topological polar surface area (TPSA) is 100 Å². The minimum Gasteiger partial charge on any atom is -0.383 e. The number of rotatable bonds is 10. The Hall–Kier alpha value is -4.32. The molecule has 0 bridgehead atoms. The van der Waals surface area contributed by atoms with Crippen LogP contribution >= 0.6 is 0 Å². The molecule has 1 aromatic carbocycles. The quantitative estimate of drug-likeness (QED) is 0.228. The molecule has 0 aliphatic carbocycles. The molecular weight excluding hydrogens is 537 g/mol. The Labute approximate surface area is 242 Å². The molecule has 0 spiro atoms. The molecule has 4 aromatic heterocycles. The number of benzene rings is 1. The van der Waals surface area contributed by atoms with Crippen molar-refractivity contribution in [1.29, 1.82) is 0 Å². The van der Waals surface area contributed by atoms with Gasteiger partial charge in [-0.1, -0.05) is 18.2 Å². The van der Waals surface area contributed by atoms with Crippen LogP contribution < -0.4 is 0 Å². The number of carbonyl (C=O) groups excluding carboxylic acids is 1. The van der Waals surface area contributed by atoms with E-state index in [1.54, 1.807) is 35.3 Å². The van der Waals surface area contributed by atoms with E-state index < -0.39 is 12.1 Å². The Morgan fingerprint density at radius 3 is 2.76 bits per heavy atom. The summed E-state index contributed by atoms with van der Waals surface area (Å²) in [5.74, 6) is -0.700. The summed E-state index contributed by atoms with van der Waals surface area (Å²) in [5.41, 5.74) is 6.56. The first-order valence-corrected chi connectivity index (χ1v) is 13.9. The van der Waals surface area contributed by atoms with E-state index in [-0.39, 0.29) is 24.5 Å². The minimum atomic E-state index is -0.578. The first kappa shape index (κ1) is 27.8. The van der Waals surface area contributed by atoms with Gasteiger partial charge < -0.3 is 4.74 Å². The zero-order valence-corrected chi connectivity index (χ0v) is 23.8. The highest BCUT2D eigenvalue weighted by molar-refractivity contribution is 5.83. The van der Waals surface area contributed by atoms with Crippen LogP contribution in [0.3, 0.4) is 0 Å². The maximum Gasteiger partial charge on any atom is 0.213 e. The van der Waals surface area contributed by atoms with Crippen LogP contribution in [0.4, 0.5) is 4.39 Å². The van der Waals surface area contributed by atoms with E-state index in [1.165, 1.54) is 12.3 Å². The predicted molar refractivity (Wildman–Crippen MR) is 154 cm³/mol. The second-order valence-electron chi connectivity index (χ2n) is 10.6. The van der Waals surface area contributed by atoms with Crippen molar-refractivity contribution >= 4 is 16.8 Å². The summed E-state index contributed by atoms with van der Waals surface area (Å²) in [6.07, 6.45) is 4.93. The molecule has 5 heterocycles. The monoisotopic (exact) mass is 569 g/mol. The number of hydrogen-bond acceptors (Lipinski definition) is 8. The number of hydrogen-bond donors (Lipinski definition) is 0. The van der Waals surface area contributed by atoms with Crippen LogP contribution in [-0.4, -0.2) is 67.2 Å². The van der Waals surface area contributed by atoms with Gasteiger partial charge in [0.1, 0.15) is 17.4 Å². The third-order valence-electron chi connectivity index (χ3n) is 7.72. The van der Waals surface area contributed by atoms with Gasteiger partial charge in [0, 0.05) is 64.0 Å². The summed E-state index contributed by atoms with van der Waals surface area (Å²) in [5, 5.41) is 11.1. The molecule has 2 atom stereocenters. The van der Waals surface area contributed by atoms with E-state index in [0.717, 1.165) is 39.2 Å². The van der Waals surface area contributed by atoms with Gasteiger partial charge >= 0.3 is 0 Å². The number of hydroxylamine groups is 2. The van der Waals surface area contributed by atoms with Crippen molar-refractivity contribution in [2.75, 3.05) is 26.8 Å². The molecule has 1 saturated heterocycles. The molecule has 0 saturated carbocycles. The third-order valence-corrected chi connectivity index (χ3v) is 7.72. The smallest absolute Gasteiger partial charge is 0.213 e. The highest BCUT2D eigenvalue weighted by Gasteiger charge is 2.37. The van der Waals surface area contributed by atoms with Gasteiger partial charge in [-0.15, -0.1) is 0 Å². The molecule has 216 valence electrons. The van der Waals surface area contributed by atoms with Crippen molar-refractivity contribution in [2.24, 2.45) is 13.0 Å². The number of aromatic nitrogens is 6. The number of halogens is 1. The highest BCUT2D eigenvalue weighted by Crippen LogP contribution is 2.37. The van der Waals surface area contributed by atoms with Gasteiger partial charge in [0.25, 0.3) is 0 Å². The SMILES string of the molecule is COCCN1C[C@@H](CC(=O)Cc2c(C)c(-c3cnc4cnn(C)c4c3)nn2-c2ccccc2)[C@H](c2ccnc(F)c2)O1. The number of ketones is 1. The van der Waals surface area contributed by atoms with Crippen LogP contribution in [0, 0.1) is 18.8 Å². The fourth-order valence-corrected chi connectivity index (χ4v) is 5.59. The van der Waals surface area contributed by atoms with Gasteiger partial charge in [-0.2, -0.15) is 19.7 Å². The number of fused-ring (bicyclic) bond motifs is 1. The summed E-state index contributed by atoms with van der Waals surface area (Å²) in [7, 11) is 3.51. The number of carbonyl (C=O) groups is 1. The summed E-state index contributed by atoms with van der Waals surface area (Å²) in [6.45, 7) is 3.55. The van der Waals surface area contributed by atoms with Crippen LogP contribution in [0.5, 0.6) is 0 Å². The summed E-state index contributed by atoms with van der Waals surface area (Å²) < 4.78 is 22.8. The largest absolute Gasteiger partial charge is 0.383 e. The van der Waals surface area contributed by atoms with Crippen molar-refractivity contribution in [3.05, 3.63) is 89.9 Å². The average Bonchev–Trinajstić information content (AvgIpc) is 3.67. The van der Waals surface area contributed by atoms with Crippen molar-refractivity contribution < 1.29 is 18.8 Å². The molecule has 5 aromatic rings. The molecule has 1 aliphatic heterocycles. The van der Waals surface area contributed by atoms with Gasteiger partial charge in [-0.05, 0) is 48.4 Å². The molecule has 11 heteroatoms. The Bertz CT molecular complexity index is 1720. The van der Waals surface area contributed by atoms with Gasteiger partial charge in [0.2, 0.25) is 5.95 Å². The molecule has 0 unspecified atom stereocenters. The highest BCUT2D eigenvalue weighted by atomic mass is 19.1. The number of methoxy groups -OCH3 is 1. The maximum atomic E-state index is 14.0. The molecule has 10 nitrogen and oxygen atoms in total. The lowest BCUT2D eigenvalue weighted by Gasteiger charge is -2.17. The van der Waals surface area contributed by atoms with Crippen LogP contribution in [0.15, 0.2) is 67.1 Å². The third kappa shape index (κ3) is 5.58. The molecule has 6 rings (SSSR count). The fourth-order valence-electron chi connectivity index (χ4n) is 5.59. The summed E-state index contributed by atoms with van der Waals surface area (Å²) >= 11 is 0. The lowest BCUT2D eigenvalue weighted by atomic mass is 9.91. The van der Waals surface area contributed by atoms with E-state index in [1.807, 2.05) is 55.1 Å². The van der Waals surface area contributed by atoms with Crippen molar-refractivity contribution in [3.63, 3.8) is 0 Å². The molecule has 0 radical (unpaired) electrons. The first-order valence-electron chi connectivity index (χ1n) is 13.9. The Kier molecular flexibility index (Phi) is 7.88. The summed E-state index contributed by atoms with van der Waals surface area (Å²) in [6, 6.07) is 14.9. The van der Waals surface area contributed by atoms with Gasteiger partial charge in [0.15, 0.2) is 0 Å². The molecule has 0 amide bonds. The number of pyridine rings is 2. The van der Waals surface area contributed by atoms with Crippen molar-refractivity contribution in [1.82, 2.24) is 34.6 Å². The minimum absolute atomic E-state index is 0.0451. The molecule has 42 heavy (non-hydrogen) atoms. The van der Waals surface area contributed by atoms with Gasteiger partial charge in [-0.3, -0.25) is 19.3 Å². The van der Waals surface area contributed by atoms with Crippen LogP contribution in [0.25, 0.3) is 28.0 Å². The number of ether oxygens (including phenoxy) is 1. The molecule has 1 aliphatic rings. The van der Waals surface area contributed by atoms with E-state index in [2.05, 4.69) is 15.1 Å². The van der Waals surface area contributed by atoms with E-state index >= 15 is 0 Å². The molecule has 0 N–H and O–H groups in total. The molecule has 1 fully saturated rings. The lowest BCUT2D eigenvalue weighted by Crippen LogP contribution is -2.24. The van der Waals surface area contributed by atoms with E-state index in [4.69, 9.17) is 14.7 Å². The second kappa shape index (κ2) is 11.9.